The number of ether oxygens (including phenoxy) is 1. The second kappa shape index (κ2) is 7.96. The highest BCUT2D eigenvalue weighted by atomic mass is 32.1. The summed E-state index contributed by atoms with van der Waals surface area (Å²) in [6.07, 6.45) is 3.25. The highest BCUT2D eigenvalue weighted by Crippen LogP contribution is 2.29. The van der Waals surface area contributed by atoms with Gasteiger partial charge in [0.2, 0.25) is 0 Å². The van der Waals surface area contributed by atoms with Gasteiger partial charge < -0.3 is 9.64 Å². The Morgan fingerprint density at radius 1 is 1.26 bits per heavy atom. The number of hydrogen-bond acceptors (Lipinski definition) is 4. The van der Waals surface area contributed by atoms with Crippen LogP contribution in [0, 0.1) is 0 Å². The maximum Gasteiger partial charge on any atom is 0.274 e. The lowest BCUT2D eigenvalue weighted by Gasteiger charge is -2.24. The van der Waals surface area contributed by atoms with Crippen molar-refractivity contribution in [2.24, 2.45) is 0 Å². The van der Waals surface area contributed by atoms with E-state index >= 15 is 0 Å². The van der Waals surface area contributed by atoms with Crippen molar-refractivity contribution in [2.75, 3.05) is 20.2 Å². The van der Waals surface area contributed by atoms with Gasteiger partial charge in [0.1, 0.15) is 5.75 Å². The van der Waals surface area contributed by atoms with E-state index in [1.54, 1.807) is 18.4 Å². The molecule has 0 aliphatic carbocycles. The molecular weight excluding hydrogens is 358 g/mol. The predicted octanol–water partition coefficient (Wildman–Crippen LogP) is 4.56. The van der Waals surface area contributed by atoms with Crippen molar-refractivity contribution < 1.29 is 9.53 Å². The molecule has 3 heterocycles. The largest absolute Gasteiger partial charge is 0.497 e. The summed E-state index contributed by atoms with van der Waals surface area (Å²) in [6.45, 7) is 1.51. The number of thiophene rings is 1. The van der Waals surface area contributed by atoms with E-state index in [2.05, 4.69) is 22.3 Å². The molecule has 1 atom stereocenters. The van der Waals surface area contributed by atoms with Gasteiger partial charge in [0.15, 0.2) is 5.69 Å². The molecule has 4 rings (SSSR count). The van der Waals surface area contributed by atoms with Gasteiger partial charge in [-0.25, -0.2) is 0 Å². The van der Waals surface area contributed by atoms with Crippen molar-refractivity contribution in [1.29, 1.82) is 0 Å². The Bertz CT molecular complexity index is 887. The van der Waals surface area contributed by atoms with Crippen LogP contribution in [0.25, 0.3) is 10.6 Å². The molecule has 0 saturated carbocycles. The van der Waals surface area contributed by atoms with Crippen molar-refractivity contribution in [3.8, 4) is 16.3 Å². The summed E-state index contributed by atoms with van der Waals surface area (Å²) >= 11 is 1.63. The van der Waals surface area contributed by atoms with Crippen molar-refractivity contribution in [1.82, 2.24) is 15.1 Å². The second-order valence-corrected chi connectivity index (χ2v) is 7.81. The predicted molar refractivity (Wildman–Crippen MR) is 107 cm³/mol. The molecular formula is C21H23N3O2S. The third-order valence-corrected chi connectivity index (χ3v) is 6.03. The molecule has 1 fully saturated rings. The first-order valence-corrected chi connectivity index (χ1v) is 10.1. The molecule has 0 bridgehead atoms. The minimum atomic E-state index is 0.00877. The van der Waals surface area contributed by atoms with Crippen molar-refractivity contribution in [3.63, 3.8) is 0 Å². The number of carbonyl (C=O) groups excluding carboxylic acids is 1. The Hall–Kier alpha value is -2.60. The minimum Gasteiger partial charge on any atom is -0.497 e. The van der Waals surface area contributed by atoms with E-state index in [-0.39, 0.29) is 5.91 Å². The van der Waals surface area contributed by atoms with Crippen LogP contribution >= 0.6 is 11.3 Å². The topological polar surface area (TPSA) is 58.2 Å². The van der Waals surface area contributed by atoms with Crippen LogP contribution < -0.4 is 4.74 Å². The van der Waals surface area contributed by atoms with Gasteiger partial charge in [0.25, 0.3) is 5.91 Å². The first-order chi connectivity index (χ1) is 13.2. The summed E-state index contributed by atoms with van der Waals surface area (Å²) in [7, 11) is 1.68. The number of hydrogen-bond donors (Lipinski definition) is 1. The molecule has 140 valence electrons. The summed E-state index contributed by atoms with van der Waals surface area (Å²) in [5, 5.41) is 9.29. The van der Waals surface area contributed by atoms with Gasteiger partial charge in [-0.05, 0) is 48.1 Å². The zero-order valence-electron chi connectivity index (χ0n) is 15.4. The molecule has 1 aliphatic heterocycles. The Labute approximate surface area is 163 Å². The lowest BCUT2D eigenvalue weighted by atomic mass is 9.94. The molecule has 1 amide bonds. The van der Waals surface area contributed by atoms with Gasteiger partial charge in [0.05, 0.1) is 17.7 Å². The number of benzene rings is 1. The zero-order valence-corrected chi connectivity index (χ0v) is 16.2. The van der Waals surface area contributed by atoms with Crippen LogP contribution in [0.15, 0.2) is 47.8 Å². The van der Waals surface area contributed by atoms with Crippen molar-refractivity contribution >= 4 is 17.2 Å². The molecule has 2 aromatic heterocycles. The van der Waals surface area contributed by atoms with Gasteiger partial charge in [-0.2, -0.15) is 5.10 Å². The summed E-state index contributed by atoms with van der Waals surface area (Å²) in [6, 6.07) is 14.1. The SMILES string of the molecule is COc1ccc([C@@H]2CCCCN(C(=O)c3cc(-c4cccs4)[nH]n3)C2)cc1. The number of rotatable bonds is 4. The van der Waals surface area contributed by atoms with E-state index in [0.717, 1.165) is 48.7 Å². The van der Waals surface area contributed by atoms with E-state index in [9.17, 15) is 4.79 Å². The Kier molecular flexibility index (Phi) is 5.25. The molecule has 3 aromatic rings. The maximum absolute atomic E-state index is 13.0. The van der Waals surface area contributed by atoms with Crippen LogP contribution in [0.2, 0.25) is 0 Å². The number of H-pyrrole nitrogens is 1. The van der Waals surface area contributed by atoms with E-state index in [0.29, 0.717) is 11.6 Å². The summed E-state index contributed by atoms with van der Waals surface area (Å²) in [5.41, 5.74) is 2.65. The number of nitrogens with zero attached hydrogens (tertiary/aromatic N) is 2. The average molecular weight is 382 g/mol. The van der Waals surface area contributed by atoms with Crippen molar-refractivity contribution in [3.05, 3.63) is 59.1 Å². The quantitative estimate of drug-likeness (QED) is 0.721. The Balaban J connectivity index is 1.50. The number of amides is 1. The van der Waals surface area contributed by atoms with Crippen molar-refractivity contribution in [2.45, 2.75) is 25.2 Å². The van der Waals surface area contributed by atoms with E-state index < -0.39 is 0 Å². The highest BCUT2D eigenvalue weighted by Gasteiger charge is 2.25. The van der Waals surface area contributed by atoms with Crippen LogP contribution in [-0.2, 0) is 0 Å². The monoisotopic (exact) mass is 381 g/mol. The molecule has 1 aliphatic rings. The molecule has 27 heavy (non-hydrogen) atoms. The maximum atomic E-state index is 13.0. The molecule has 1 aromatic carbocycles. The average Bonchev–Trinajstić information content (AvgIpc) is 3.35. The normalized spacial score (nSPS) is 17.5. The van der Waals surface area contributed by atoms with E-state index in [1.807, 2.05) is 40.6 Å². The fourth-order valence-electron chi connectivity index (χ4n) is 3.63. The van der Waals surface area contributed by atoms with Crippen LogP contribution in [0.1, 0.15) is 41.2 Å². The van der Waals surface area contributed by atoms with Gasteiger partial charge in [0, 0.05) is 19.0 Å². The second-order valence-electron chi connectivity index (χ2n) is 6.86. The number of aromatic nitrogens is 2. The summed E-state index contributed by atoms with van der Waals surface area (Å²) < 4.78 is 5.26. The van der Waals surface area contributed by atoms with Crippen LogP contribution in [0.5, 0.6) is 5.75 Å². The van der Waals surface area contributed by atoms with Gasteiger partial charge in [-0.15, -0.1) is 11.3 Å². The van der Waals surface area contributed by atoms with E-state index in [1.165, 1.54) is 5.56 Å². The molecule has 0 unspecified atom stereocenters. The standard InChI is InChI=1S/C21H23N3O2S/c1-26-17-9-7-15(8-10-17)16-5-2-3-11-24(14-16)21(25)19-13-18(22-23-19)20-6-4-12-27-20/h4,6-10,12-13,16H,2-3,5,11,14H2,1H3,(H,22,23)/t16-/m1/s1. The third kappa shape index (κ3) is 3.90. The number of likely N-dealkylation sites (tertiary alicyclic amines) is 1. The van der Waals surface area contributed by atoms with Crippen LogP contribution in [0.4, 0.5) is 0 Å². The first kappa shape index (κ1) is 17.8. The number of carbonyl (C=O) groups is 1. The molecule has 0 radical (unpaired) electrons. The Morgan fingerprint density at radius 3 is 2.85 bits per heavy atom. The molecule has 1 N–H and O–H groups in total. The fourth-order valence-corrected chi connectivity index (χ4v) is 4.32. The highest BCUT2D eigenvalue weighted by molar-refractivity contribution is 7.13. The number of methoxy groups -OCH3 is 1. The van der Waals surface area contributed by atoms with Gasteiger partial charge in [-0.3, -0.25) is 9.89 Å². The Morgan fingerprint density at radius 2 is 2.11 bits per heavy atom. The van der Waals surface area contributed by atoms with Crippen LogP contribution in [-0.4, -0.2) is 41.2 Å². The minimum absolute atomic E-state index is 0.00877. The first-order valence-electron chi connectivity index (χ1n) is 9.27. The molecule has 0 spiro atoms. The zero-order chi connectivity index (χ0) is 18.6. The lowest BCUT2D eigenvalue weighted by Crippen LogP contribution is -2.34. The molecule has 1 saturated heterocycles. The number of nitrogens with one attached hydrogen (secondary N) is 1. The van der Waals surface area contributed by atoms with Gasteiger partial charge >= 0.3 is 0 Å². The summed E-state index contributed by atoms with van der Waals surface area (Å²) in [5.74, 6) is 1.21. The smallest absolute Gasteiger partial charge is 0.274 e. The van der Waals surface area contributed by atoms with Crippen LogP contribution in [0.3, 0.4) is 0 Å². The third-order valence-electron chi connectivity index (χ3n) is 5.13. The lowest BCUT2D eigenvalue weighted by molar-refractivity contribution is 0.0748. The summed E-state index contributed by atoms with van der Waals surface area (Å²) in [4.78, 5) is 16.1. The molecule has 6 heteroatoms. The number of aromatic amines is 1. The molecule has 5 nitrogen and oxygen atoms in total. The van der Waals surface area contributed by atoms with E-state index in [4.69, 9.17) is 4.74 Å². The fraction of sp³-hybridized carbons (Fsp3) is 0.333. The van der Waals surface area contributed by atoms with Gasteiger partial charge in [-0.1, -0.05) is 24.6 Å².